The first-order valence-corrected chi connectivity index (χ1v) is 10.8. The molecule has 2 aromatic rings. The zero-order chi connectivity index (χ0) is 22.4. The van der Waals surface area contributed by atoms with Gasteiger partial charge in [-0.3, -0.25) is 9.79 Å². The summed E-state index contributed by atoms with van der Waals surface area (Å²) in [4.78, 5) is 22.8. The molecule has 3 rings (SSSR count). The van der Waals surface area contributed by atoms with Gasteiger partial charge in [0.05, 0.1) is 0 Å². The highest BCUT2D eigenvalue weighted by Gasteiger charge is 2.27. The zero-order valence-corrected chi connectivity index (χ0v) is 19.1. The Kier molecular flexibility index (Phi) is 7.50. The number of pyridine rings is 1. The number of guanidine groups is 1. The third-order valence-electron chi connectivity index (χ3n) is 5.52. The maximum atomic E-state index is 12.2. The molecule has 7 nitrogen and oxygen atoms in total. The Morgan fingerprint density at radius 1 is 1.26 bits per heavy atom. The molecule has 2 N–H and O–H groups in total. The summed E-state index contributed by atoms with van der Waals surface area (Å²) in [6, 6.07) is 10.1. The highest BCUT2D eigenvalue weighted by molar-refractivity contribution is 5.81. The number of rotatable bonds is 6. The van der Waals surface area contributed by atoms with Gasteiger partial charge < -0.3 is 20.3 Å². The van der Waals surface area contributed by atoms with Gasteiger partial charge in [-0.2, -0.15) is 0 Å². The summed E-state index contributed by atoms with van der Waals surface area (Å²) < 4.78 is 5.93. The topological polar surface area (TPSA) is 78.9 Å². The number of benzene rings is 1. The fourth-order valence-electron chi connectivity index (χ4n) is 3.53. The van der Waals surface area contributed by atoms with E-state index in [4.69, 9.17) is 4.74 Å². The summed E-state index contributed by atoms with van der Waals surface area (Å²) in [5.41, 5.74) is 3.46. The summed E-state index contributed by atoms with van der Waals surface area (Å²) in [5.74, 6) is 2.30. The molecule has 1 amide bonds. The number of aromatic nitrogens is 1. The second kappa shape index (κ2) is 10.3. The molecule has 0 radical (unpaired) electrons. The molecular weight excluding hydrogens is 390 g/mol. The van der Waals surface area contributed by atoms with Crippen LogP contribution in [0.15, 0.2) is 41.5 Å². The van der Waals surface area contributed by atoms with E-state index in [0.29, 0.717) is 19.0 Å². The quantitative estimate of drug-likeness (QED) is 0.550. The molecule has 0 bridgehead atoms. The Balaban J connectivity index is 1.53. The number of likely N-dealkylation sites (tertiary alicyclic amines) is 1. The van der Waals surface area contributed by atoms with Crippen LogP contribution < -0.4 is 15.4 Å². The van der Waals surface area contributed by atoms with Crippen molar-refractivity contribution in [3.63, 3.8) is 0 Å². The summed E-state index contributed by atoms with van der Waals surface area (Å²) in [6.07, 6.45) is 2.67. The minimum absolute atomic E-state index is 0.0307. The first kappa shape index (κ1) is 22.6. The summed E-state index contributed by atoms with van der Waals surface area (Å²) in [7, 11) is 1.75. The predicted octanol–water partition coefficient (Wildman–Crippen LogP) is 3.41. The molecule has 1 aliphatic rings. The lowest BCUT2D eigenvalue weighted by atomic mass is 10.1. The lowest BCUT2D eigenvalue weighted by Crippen LogP contribution is -2.45. The van der Waals surface area contributed by atoms with Gasteiger partial charge in [-0.1, -0.05) is 19.9 Å². The molecule has 0 saturated carbocycles. The number of nitrogens with zero attached hydrogens (tertiary/aromatic N) is 3. The molecule has 1 aliphatic heterocycles. The van der Waals surface area contributed by atoms with Gasteiger partial charge in [0, 0.05) is 50.9 Å². The van der Waals surface area contributed by atoms with Crippen LogP contribution in [0.2, 0.25) is 0 Å². The lowest BCUT2D eigenvalue weighted by molar-refractivity contribution is -0.133. The third-order valence-corrected chi connectivity index (χ3v) is 5.52. The van der Waals surface area contributed by atoms with Crippen LogP contribution in [0.25, 0.3) is 0 Å². The smallest absolute Gasteiger partial charge is 0.225 e. The van der Waals surface area contributed by atoms with Crippen LogP contribution in [0.5, 0.6) is 11.6 Å². The molecule has 166 valence electrons. The standard InChI is InChI=1S/C24H33N5O2/c1-16(2)23(30)29-11-9-20(15-29)28-24(25-5)27-14-19-8-10-26-22(13-19)31-21-7-6-17(3)18(4)12-21/h6-8,10,12-13,16,20H,9,11,14-15H2,1-5H3,(H2,25,27,28). The molecule has 1 atom stereocenters. The van der Waals surface area contributed by atoms with Crippen molar-refractivity contribution in [2.24, 2.45) is 10.9 Å². The number of hydrogen-bond donors (Lipinski definition) is 2. The fraction of sp³-hybridized carbons (Fsp3) is 0.458. The average molecular weight is 424 g/mol. The number of aryl methyl sites for hydroxylation is 2. The van der Waals surface area contributed by atoms with Gasteiger partial charge in [0.15, 0.2) is 5.96 Å². The van der Waals surface area contributed by atoms with Gasteiger partial charge in [-0.05, 0) is 55.2 Å². The van der Waals surface area contributed by atoms with E-state index in [0.717, 1.165) is 30.2 Å². The van der Waals surface area contributed by atoms with Crippen molar-refractivity contribution in [1.82, 2.24) is 20.5 Å². The summed E-state index contributed by atoms with van der Waals surface area (Å²) >= 11 is 0. The molecule has 1 saturated heterocycles. The minimum Gasteiger partial charge on any atom is -0.439 e. The van der Waals surface area contributed by atoms with Crippen LogP contribution in [0.4, 0.5) is 0 Å². The number of nitrogens with one attached hydrogen (secondary N) is 2. The number of carbonyl (C=O) groups is 1. The van der Waals surface area contributed by atoms with Gasteiger partial charge in [-0.25, -0.2) is 4.98 Å². The Morgan fingerprint density at radius 2 is 2.06 bits per heavy atom. The molecule has 1 fully saturated rings. The second-order valence-electron chi connectivity index (χ2n) is 8.35. The molecule has 31 heavy (non-hydrogen) atoms. The highest BCUT2D eigenvalue weighted by Crippen LogP contribution is 2.22. The van der Waals surface area contributed by atoms with Crippen LogP contribution in [0.3, 0.4) is 0 Å². The monoisotopic (exact) mass is 423 g/mol. The Hall–Kier alpha value is -3.09. The van der Waals surface area contributed by atoms with E-state index in [1.54, 1.807) is 13.2 Å². The number of ether oxygens (including phenoxy) is 1. The van der Waals surface area contributed by atoms with Gasteiger partial charge in [0.25, 0.3) is 0 Å². The van der Waals surface area contributed by atoms with E-state index in [1.165, 1.54) is 11.1 Å². The number of aliphatic imine (C=N–C) groups is 1. The number of amides is 1. The first-order chi connectivity index (χ1) is 14.9. The Morgan fingerprint density at radius 3 is 2.77 bits per heavy atom. The fourth-order valence-corrected chi connectivity index (χ4v) is 3.53. The van der Waals surface area contributed by atoms with Gasteiger partial charge >= 0.3 is 0 Å². The maximum Gasteiger partial charge on any atom is 0.225 e. The normalized spacial score (nSPS) is 16.5. The average Bonchev–Trinajstić information content (AvgIpc) is 3.22. The van der Waals surface area contributed by atoms with Crippen molar-refractivity contribution in [2.45, 2.75) is 46.7 Å². The molecule has 1 aromatic heterocycles. The second-order valence-corrected chi connectivity index (χ2v) is 8.35. The van der Waals surface area contributed by atoms with Gasteiger partial charge in [-0.15, -0.1) is 0 Å². The molecule has 0 aliphatic carbocycles. The van der Waals surface area contributed by atoms with E-state index in [-0.39, 0.29) is 17.9 Å². The molecule has 0 spiro atoms. The Labute approximate surface area is 184 Å². The first-order valence-electron chi connectivity index (χ1n) is 10.8. The Bertz CT molecular complexity index is 941. The van der Waals surface area contributed by atoms with Crippen molar-refractivity contribution in [2.75, 3.05) is 20.1 Å². The predicted molar refractivity (Wildman–Crippen MR) is 123 cm³/mol. The molecule has 2 heterocycles. The van der Waals surface area contributed by atoms with E-state index in [2.05, 4.69) is 34.5 Å². The number of carbonyl (C=O) groups excluding carboxylic acids is 1. The van der Waals surface area contributed by atoms with Crippen LogP contribution in [0, 0.1) is 19.8 Å². The summed E-state index contributed by atoms with van der Waals surface area (Å²) in [6.45, 7) is 10.1. The molecule has 7 heteroatoms. The highest BCUT2D eigenvalue weighted by atomic mass is 16.5. The summed E-state index contributed by atoms with van der Waals surface area (Å²) in [5, 5.41) is 6.76. The van der Waals surface area contributed by atoms with Crippen LogP contribution >= 0.6 is 0 Å². The van der Waals surface area contributed by atoms with Gasteiger partial charge in [0.2, 0.25) is 11.8 Å². The van der Waals surface area contributed by atoms with E-state index >= 15 is 0 Å². The SMILES string of the molecule is CN=C(NCc1ccnc(Oc2ccc(C)c(C)c2)c1)NC1CCN(C(=O)C(C)C)C1. The maximum absolute atomic E-state index is 12.2. The molecule has 1 unspecified atom stereocenters. The van der Waals surface area contributed by atoms with Crippen molar-refractivity contribution in [1.29, 1.82) is 0 Å². The minimum atomic E-state index is 0.0307. The third kappa shape index (κ3) is 6.20. The molecule has 1 aromatic carbocycles. The van der Waals surface area contributed by atoms with Crippen molar-refractivity contribution in [3.05, 3.63) is 53.2 Å². The van der Waals surface area contributed by atoms with Crippen LogP contribution in [0.1, 0.15) is 37.0 Å². The molecular formula is C24H33N5O2. The zero-order valence-electron chi connectivity index (χ0n) is 19.1. The van der Waals surface area contributed by atoms with E-state index < -0.39 is 0 Å². The van der Waals surface area contributed by atoms with Crippen molar-refractivity contribution < 1.29 is 9.53 Å². The van der Waals surface area contributed by atoms with Crippen molar-refractivity contribution in [3.8, 4) is 11.6 Å². The largest absolute Gasteiger partial charge is 0.439 e. The lowest BCUT2D eigenvalue weighted by Gasteiger charge is -2.20. The van der Waals surface area contributed by atoms with Crippen LogP contribution in [-0.4, -0.2) is 47.9 Å². The van der Waals surface area contributed by atoms with E-state index in [9.17, 15) is 4.79 Å². The number of hydrogen-bond acceptors (Lipinski definition) is 4. The van der Waals surface area contributed by atoms with E-state index in [1.807, 2.05) is 49.1 Å². The van der Waals surface area contributed by atoms with Crippen LogP contribution in [-0.2, 0) is 11.3 Å². The van der Waals surface area contributed by atoms with Gasteiger partial charge in [0.1, 0.15) is 5.75 Å². The van der Waals surface area contributed by atoms with Crippen molar-refractivity contribution >= 4 is 11.9 Å².